The first-order chi connectivity index (χ1) is 12.0. The second-order valence-electron chi connectivity index (χ2n) is 6.91. The summed E-state index contributed by atoms with van der Waals surface area (Å²) < 4.78 is 11.2. The molecule has 1 aromatic rings. The quantitative estimate of drug-likeness (QED) is 0.802. The number of hydrogen-bond acceptors (Lipinski definition) is 5. The van der Waals surface area contributed by atoms with Gasteiger partial charge in [0.25, 0.3) is 0 Å². The number of Topliss-reactive ketones (excluding diaryl/α,β-unsaturated/α-hetero) is 1. The summed E-state index contributed by atoms with van der Waals surface area (Å²) in [6.07, 6.45) is 2.83. The highest BCUT2D eigenvalue weighted by molar-refractivity contribution is 6.06. The fourth-order valence-electron chi connectivity index (χ4n) is 3.19. The van der Waals surface area contributed by atoms with E-state index in [2.05, 4.69) is 10.2 Å². The van der Waals surface area contributed by atoms with Gasteiger partial charge in [0.2, 0.25) is 5.91 Å². The van der Waals surface area contributed by atoms with Crippen molar-refractivity contribution >= 4 is 17.4 Å². The summed E-state index contributed by atoms with van der Waals surface area (Å²) in [5.41, 5.74) is 0.989. The van der Waals surface area contributed by atoms with E-state index in [4.69, 9.17) is 9.47 Å². The molecule has 136 valence electrons. The number of ketones is 1. The number of rotatable bonds is 6. The molecule has 0 bridgehead atoms. The van der Waals surface area contributed by atoms with Crippen LogP contribution in [0.4, 0.5) is 5.69 Å². The molecule has 0 aromatic heterocycles. The molecule has 0 unspecified atom stereocenters. The van der Waals surface area contributed by atoms with E-state index in [1.54, 1.807) is 12.1 Å². The SMILES string of the molecule is CC(C)C(=O)c1cc2c(cc1NC(=O)CCN1CCCC1)OCCO2. The lowest BCUT2D eigenvalue weighted by atomic mass is 9.98. The molecular weight excluding hydrogens is 320 g/mol. The van der Waals surface area contributed by atoms with Crippen LogP contribution >= 0.6 is 0 Å². The fourth-order valence-corrected chi connectivity index (χ4v) is 3.19. The highest BCUT2D eigenvalue weighted by atomic mass is 16.6. The number of likely N-dealkylation sites (tertiary alicyclic amines) is 1. The van der Waals surface area contributed by atoms with Crippen LogP contribution in [0.1, 0.15) is 43.5 Å². The third kappa shape index (κ3) is 4.31. The number of nitrogens with one attached hydrogen (secondary N) is 1. The number of carbonyl (C=O) groups excluding carboxylic acids is 2. The molecule has 1 saturated heterocycles. The van der Waals surface area contributed by atoms with E-state index in [0.717, 1.165) is 19.6 Å². The second-order valence-corrected chi connectivity index (χ2v) is 6.91. The maximum absolute atomic E-state index is 12.5. The van der Waals surface area contributed by atoms with Crippen molar-refractivity contribution in [2.75, 3.05) is 38.2 Å². The molecule has 0 radical (unpaired) electrons. The minimum atomic E-state index is -0.164. The molecule has 0 aliphatic carbocycles. The third-order valence-corrected chi connectivity index (χ3v) is 4.60. The number of fused-ring (bicyclic) bond motifs is 1. The first kappa shape index (κ1) is 17.7. The smallest absolute Gasteiger partial charge is 0.225 e. The molecule has 6 nitrogen and oxygen atoms in total. The van der Waals surface area contributed by atoms with Crippen LogP contribution in [0.3, 0.4) is 0 Å². The van der Waals surface area contributed by atoms with Crippen LogP contribution in [-0.4, -0.2) is 49.4 Å². The third-order valence-electron chi connectivity index (χ3n) is 4.60. The molecule has 2 heterocycles. The van der Waals surface area contributed by atoms with Gasteiger partial charge < -0.3 is 19.7 Å². The summed E-state index contributed by atoms with van der Waals surface area (Å²) >= 11 is 0. The van der Waals surface area contributed by atoms with Crippen LogP contribution < -0.4 is 14.8 Å². The van der Waals surface area contributed by atoms with Crippen molar-refractivity contribution in [3.8, 4) is 11.5 Å². The van der Waals surface area contributed by atoms with E-state index in [0.29, 0.717) is 42.4 Å². The Hall–Kier alpha value is -2.08. The first-order valence-corrected chi connectivity index (χ1v) is 9.04. The van der Waals surface area contributed by atoms with Crippen molar-refractivity contribution in [1.82, 2.24) is 4.90 Å². The van der Waals surface area contributed by atoms with Gasteiger partial charge in [0.1, 0.15) is 13.2 Å². The Bertz CT molecular complexity index is 651. The standard InChI is InChI=1S/C19H26N2O4/c1-13(2)19(23)14-11-16-17(25-10-9-24-16)12-15(14)20-18(22)5-8-21-6-3-4-7-21/h11-13H,3-10H2,1-2H3,(H,20,22). The van der Waals surface area contributed by atoms with Gasteiger partial charge in [-0.1, -0.05) is 13.8 Å². The van der Waals surface area contributed by atoms with Crippen LogP contribution in [0.5, 0.6) is 11.5 Å². The molecule has 3 rings (SSSR count). The fraction of sp³-hybridized carbons (Fsp3) is 0.579. The second kappa shape index (κ2) is 7.87. The minimum Gasteiger partial charge on any atom is -0.486 e. The molecule has 1 amide bonds. The molecular formula is C19H26N2O4. The Labute approximate surface area is 148 Å². The summed E-state index contributed by atoms with van der Waals surface area (Å²) in [6.45, 7) is 7.50. The molecule has 25 heavy (non-hydrogen) atoms. The zero-order valence-electron chi connectivity index (χ0n) is 15.0. The van der Waals surface area contributed by atoms with Crippen molar-refractivity contribution in [3.63, 3.8) is 0 Å². The van der Waals surface area contributed by atoms with E-state index >= 15 is 0 Å². The summed E-state index contributed by atoms with van der Waals surface area (Å²) in [5.74, 6) is 0.864. The first-order valence-electron chi connectivity index (χ1n) is 9.04. The van der Waals surface area contributed by atoms with Gasteiger partial charge in [-0.05, 0) is 32.0 Å². The zero-order valence-corrected chi connectivity index (χ0v) is 15.0. The predicted octanol–water partition coefficient (Wildman–Crippen LogP) is 2.72. The molecule has 0 saturated carbocycles. The largest absolute Gasteiger partial charge is 0.486 e. The van der Waals surface area contributed by atoms with Crippen LogP contribution in [0.25, 0.3) is 0 Å². The lowest BCUT2D eigenvalue weighted by Gasteiger charge is -2.22. The van der Waals surface area contributed by atoms with Crippen LogP contribution in [0, 0.1) is 5.92 Å². The molecule has 2 aliphatic heterocycles. The van der Waals surface area contributed by atoms with Crippen molar-refractivity contribution in [2.45, 2.75) is 33.1 Å². The average molecular weight is 346 g/mol. The number of hydrogen-bond donors (Lipinski definition) is 1. The molecule has 2 aliphatic rings. The molecule has 6 heteroatoms. The predicted molar refractivity (Wildman–Crippen MR) is 95.5 cm³/mol. The molecule has 1 fully saturated rings. The number of carbonyl (C=O) groups is 2. The van der Waals surface area contributed by atoms with Gasteiger partial charge >= 0.3 is 0 Å². The van der Waals surface area contributed by atoms with Gasteiger partial charge in [-0.15, -0.1) is 0 Å². The Balaban J connectivity index is 1.75. The van der Waals surface area contributed by atoms with Crippen molar-refractivity contribution in [2.24, 2.45) is 5.92 Å². The number of anilines is 1. The van der Waals surface area contributed by atoms with Gasteiger partial charge in [0, 0.05) is 30.5 Å². The molecule has 0 atom stereocenters. The van der Waals surface area contributed by atoms with E-state index in [1.807, 2.05) is 13.8 Å². The number of ether oxygens (including phenoxy) is 2. The van der Waals surface area contributed by atoms with Crippen molar-refractivity contribution < 1.29 is 19.1 Å². The van der Waals surface area contributed by atoms with Gasteiger partial charge in [0.15, 0.2) is 17.3 Å². The van der Waals surface area contributed by atoms with E-state index in [-0.39, 0.29) is 17.6 Å². The van der Waals surface area contributed by atoms with E-state index in [1.165, 1.54) is 12.8 Å². The van der Waals surface area contributed by atoms with Crippen LogP contribution in [0.15, 0.2) is 12.1 Å². The number of amides is 1. The summed E-state index contributed by atoms with van der Waals surface area (Å²) in [6, 6.07) is 3.39. The topological polar surface area (TPSA) is 67.9 Å². The average Bonchev–Trinajstić information content (AvgIpc) is 3.12. The monoisotopic (exact) mass is 346 g/mol. The van der Waals surface area contributed by atoms with Gasteiger partial charge in [0.05, 0.1) is 5.69 Å². The normalized spacial score (nSPS) is 16.9. The van der Waals surface area contributed by atoms with Crippen molar-refractivity contribution in [1.29, 1.82) is 0 Å². The van der Waals surface area contributed by atoms with E-state index in [9.17, 15) is 9.59 Å². The Kier molecular flexibility index (Phi) is 5.58. The molecule has 0 spiro atoms. The summed E-state index contributed by atoms with van der Waals surface area (Å²) in [7, 11) is 0. The molecule has 1 aromatic carbocycles. The summed E-state index contributed by atoms with van der Waals surface area (Å²) in [5, 5.41) is 2.90. The zero-order chi connectivity index (χ0) is 17.8. The summed E-state index contributed by atoms with van der Waals surface area (Å²) in [4.78, 5) is 27.2. The van der Waals surface area contributed by atoms with Gasteiger partial charge in [-0.2, -0.15) is 0 Å². The van der Waals surface area contributed by atoms with Gasteiger partial charge in [-0.25, -0.2) is 0 Å². The lowest BCUT2D eigenvalue weighted by Crippen LogP contribution is -2.26. The molecule has 1 N–H and O–H groups in total. The van der Waals surface area contributed by atoms with Crippen LogP contribution in [0.2, 0.25) is 0 Å². The maximum Gasteiger partial charge on any atom is 0.225 e. The number of nitrogens with zero attached hydrogens (tertiary/aromatic N) is 1. The van der Waals surface area contributed by atoms with Gasteiger partial charge in [-0.3, -0.25) is 9.59 Å². The Morgan fingerprint density at radius 1 is 1.12 bits per heavy atom. The van der Waals surface area contributed by atoms with Crippen molar-refractivity contribution in [3.05, 3.63) is 17.7 Å². The maximum atomic E-state index is 12.5. The van der Waals surface area contributed by atoms with E-state index < -0.39 is 0 Å². The lowest BCUT2D eigenvalue weighted by molar-refractivity contribution is -0.116. The minimum absolute atomic E-state index is 0.0215. The Morgan fingerprint density at radius 2 is 1.76 bits per heavy atom. The highest BCUT2D eigenvalue weighted by Gasteiger charge is 2.23. The highest BCUT2D eigenvalue weighted by Crippen LogP contribution is 2.36. The number of benzene rings is 1. The van der Waals surface area contributed by atoms with Crippen LogP contribution in [-0.2, 0) is 4.79 Å². The Morgan fingerprint density at radius 3 is 2.40 bits per heavy atom.